The second-order valence-corrected chi connectivity index (χ2v) is 4.61. The van der Waals surface area contributed by atoms with Crippen LogP contribution in [-0.4, -0.2) is 30.7 Å². The highest BCUT2D eigenvalue weighted by Crippen LogP contribution is 2.22. The highest BCUT2D eigenvalue weighted by Gasteiger charge is 2.23. The van der Waals surface area contributed by atoms with Gasteiger partial charge in [-0.15, -0.1) is 0 Å². The van der Waals surface area contributed by atoms with Gasteiger partial charge in [0.15, 0.2) is 0 Å². The monoisotopic (exact) mass is 228 g/mol. The Labute approximate surface area is 97.9 Å². The number of nitrogens with two attached hydrogens (primary N) is 1. The van der Waals surface area contributed by atoms with E-state index in [1.807, 2.05) is 0 Å². The van der Waals surface area contributed by atoms with Gasteiger partial charge in [0.2, 0.25) is 5.91 Å². The fraction of sp³-hybridized carbons (Fsp3) is 0.917. The molecule has 1 aliphatic carbocycles. The molecule has 0 bridgehead atoms. The number of hydrogen-bond donors (Lipinski definition) is 2. The summed E-state index contributed by atoms with van der Waals surface area (Å²) >= 11 is 0. The highest BCUT2D eigenvalue weighted by atomic mass is 16.5. The number of primary amides is 1. The molecule has 0 saturated heterocycles. The third-order valence-corrected chi connectivity index (χ3v) is 3.15. The summed E-state index contributed by atoms with van der Waals surface area (Å²) in [5.41, 5.74) is 5.17. The molecule has 0 aromatic carbocycles. The van der Waals surface area contributed by atoms with Crippen molar-refractivity contribution in [3.05, 3.63) is 0 Å². The molecule has 4 nitrogen and oxygen atoms in total. The summed E-state index contributed by atoms with van der Waals surface area (Å²) in [5, 5.41) is 3.52. The number of nitrogens with one attached hydrogen (secondary N) is 1. The Hall–Kier alpha value is -0.610. The average Bonchev–Trinajstić information content (AvgIpc) is 2.28. The Kier molecular flexibility index (Phi) is 5.77. The van der Waals surface area contributed by atoms with Crippen LogP contribution in [0.25, 0.3) is 0 Å². The van der Waals surface area contributed by atoms with Crippen LogP contribution < -0.4 is 11.1 Å². The van der Waals surface area contributed by atoms with Crippen molar-refractivity contribution in [2.45, 2.75) is 64.2 Å². The number of ether oxygens (including phenoxy) is 1. The van der Waals surface area contributed by atoms with E-state index in [1.165, 1.54) is 6.42 Å². The SMILES string of the molecule is CCCNC1CCC(OC(C)C(N)=O)CC1. The largest absolute Gasteiger partial charge is 0.367 e. The molecule has 0 aliphatic heterocycles. The molecule has 4 heteroatoms. The summed E-state index contributed by atoms with van der Waals surface area (Å²) in [4.78, 5) is 10.9. The lowest BCUT2D eigenvalue weighted by molar-refractivity contribution is -0.133. The van der Waals surface area contributed by atoms with E-state index in [0.717, 1.165) is 32.2 Å². The fourth-order valence-electron chi connectivity index (χ4n) is 2.11. The maximum atomic E-state index is 10.9. The maximum absolute atomic E-state index is 10.9. The van der Waals surface area contributed by atoms with Gasteiger partial charge in [0.25, 0.3) is 0 Å². The molecule has 94 valence electrons. The first-order valence-electron chi connectivity index (χ1n) is 6.31. The van der Waals surface area contributed by atoms with E-state index in [0.29, 0.717) is 6.04 Å². The number of hydrogen-bond acceptors (Lipinski definition) is 3. The van der Waals surface area contributed by atoms with Crippen LogP contribution in [-0.2, 0) is 9.53 Å². The van der Waals surface area contributed by atoms with E-state index in [1.54, 1.807) is 6.92 Å². The molecule has 1 unspecified atom stereocenters. The molecule has 0 radical (unpaired) electrons. The number of rotatable bonds is 6. The number of carbonyl (C=O) groups excluding carboxylic acids is 1. The lowest BCUT2D eigenvalue weighted by atomic mass is 9.93. The van der Waals surface area contributed by atoms with E-state index < -0.39 is 6.10 Å². The van der Waals surface area contributed by atoms with Crippen LogP contribution in [0.2, 0.25) is 0 Å². The molecular weight excluding hydrogens is 204 g/mol. The molecule has 0 heterocycles. The second kappa shape index (κ2) is 6.86. The molecule has 1 saturated carbocycles. The smallest absolute Gasteiger partial charge is 0.246 e. The summed E-state index contributed by atoms with van der Waals surface area (Å²) in [6.07, 6.45) is 5.26. The standard InChI is InChI=1S/C12H24N2O2/c1-3-8-14-10-4-6-11(7-5-10)16-9(2)12(13)15/h9-11,14H,3-8H2,1-2H3,(H2,13,15). The van der Waals surface area contributed by atoms with Gasteiger partial charge in [-0.2, -0.15) is 0 Å². The molecule has 16 heavy (non-hydrogen) atoms. The molecule has 1 atom stereocenters. The molecular formula is C12H24N2O2. The van der Waals surface area contributed by atoms with Crippen molar-refractivity contribution in [2.24, 2.45) is 5.73 Å². The first-order valence-corrected chi connectivity index (χ1v) is 6.31. The van der Waals surface area contributed by atoms with Crippen LogP contribution in [0.4, 0.5) is 0 Å². The summed E-state index contributed by atoms with van der Waals surface area (Å²) in [6, 6.07) is 0.628. The van der Waals surface area contributed by atoms with Crippen LogP contribution >= 0.6 is 0 Å². The summed E-state index contributed by atoms with van der Waals surface area (Å²) in [5.74, 6) is -0.369. The zero-order chi connectivity index (χ0) is 12.0. The van der Waals surface area contributed by atoms with Crippen molar-refractivity contribution in [2.75, 3.05) is 6.54 Å². The van der Waals surface area contributed by atoms with Crippen LogP contribution in [0.1, 0.15) is 46.0 Å². The molecule has 0 aromatic heterocycles. The zero-order valence-electron chi connectivity index (χ0n) is 10.4. The molecule has 3 N–H and O–H groups in total. The third-order valence-electron chi connectivity index (χ3n) is 3.15. The average molecular weight is 228 g/mol. The highest BCUT2D eigenvalue weighted by molar-refractivity contribution is 5.78. The summed E-state index contributed by atoms with van der Waals surface area (Å²) in [7, 11) is 0. The van der Waals surface area contributed by atoms with E-state index in [2.05, 4.69) is 12.2 Å². The van der Waals surface area contributed by atoms with Gasteiger partial charge in [-0.3, -0.25) is 4.79 Å². The van der Waals surface area contributed by atoms with Crippen molar-refractivity contribution >= 4 is 5.91 Å². The van der Waals surface area contributed by atoms with Crippen LogP contribution in [0.15, 0.2) is 0 Å². The first-order chi connectivity index (χ1) is 7.63. The predicted molar refractivity (Wildman–Crippen MR) is 64.1 cm³/mol. The van der Waals surface area contributed by atoms with Gasteiger partial charge in [0.05, 0.1) is 6.10 Å². The van der Waals surface area contributed by atoms with Gasteiger partial charge in [0, 0.05) is 6.04 Å². The van der Waals surface area contributed by atoms with Gasteiger partial charge in [-0.1, -0.05) is 6.92 Å². The number of amides is 1. The molecule has 0 spiro atoms. The third kappa shape index (κ3) is 4.49. The quantitative estimate of drug-likeness (QED) is 0.717. The van der Waals surface area contributed by atoms with E-state index in [9.17, 15) is 4.79 Å². The molecule has 1 aliphatic rings. The van der Waals surface area contributed by atoms with Crippen LogP contribution in [0, 0.1) is 0 Å². The normalized spacial score (nSPS) is 27.6. The van der Waals surface area contributed by atoms with Crippen LogP contribution in [0.3, 0.4) is 0 Å². The Balaban J connectivity index is 2.19. The van der Waals surface area contributed by atoms with Gasteiger partial charge in [0.1, 0.15) is 6.10 Å². The fourth-order valence-corrected chi connectivity index (χ4v) is 2.11. The van der Waals surface area contributed by atoms with Gasteiger partial charge >= 0.3 is 0 Å². The van der Waals surface area contributed by atoms with Gasteiger partial charge in [-0.05, 0) is 45.6 Å². The predicted octanol–water partition coefficient (Wildman–Crippen LogP) is 1.19. The summed E-state index contributed by atoms with van der Waals surface area (Å²) < 4.78 is 5.60. The van der Waals surface area contributed by atoms with Crippen molar-refractivity contribution in [1.29, 1.82) is 0 Å². The minimum atomic E-state index is -0.454. The summed E-state index contributed by atoms with van der Waals surface area (Å²) in [6.45, 7) is 4.99. The first kappa shape index (κ1) is 13.5. The second-order valence-electron chi connectivity index (χ2n) is 4.61. The minimum absolute atomic E-state index is 0.210. The molecule has 1 amide bonds. The Morgan fingerprint density at radius 1 is 1.44 bits per heavy atom. The van der Waals surface area contributed by atoms with Crippen LogP contribution in [0.5, 0.6) is 0 Å². The zero-order valence-corrected chi connectivity index (χ0v) is 10.4. The van der Waals surface area contributed by atoms with Gasteiger partial charge in [-0.25, -0.2) is 0 Å². The van der Waals surface area contributed by atoms with E-state index in [-0.39, 0.29) is 12.0 Å². The number of carbonyl (C=O) groups is 1. The van der Waals surface area contributed by atoms with Gasteiger partial charge < -0.3 is 15.8 Å². The van der Waals surface area contributed by atoms with E-state index >= 15 is 0 Å². The Morgan fingerprint density at radius 3 is 2.56 bits per heavy atom. The van der Waals surface area contributed by atoms with Crippen molar-refractivity contribution in [1.82, 2.24) is 5.32 Å². The molecule has 1 rings (SSSR count). The Bertz CT molecular complexity index is 213. The van der Waals surface area contributed by atoms with Crippen molar-refractivity contribution in [3.8, 4) is 0 Å². The molecule has 1 fully saturated rings. The van der Waals surface area contributed by atoms with E-state index in [4.69, 9.17) is 10.5 Å². The lowest BCUT2D eigenvalue weighted by Gasteiger charge is -2.30. The Morgan fingerprint density at radius 2 is 2.06 bits per heavy atom. The minimum Gasteiger partial charge on any atom is -0.367 e. The topological polar surface area (TPSA) is 64.3 Å². The van der Waals surface area contributed by atoms with Crippen molar-refractivity contribution in [3.63, 3.8) is 0 Å². The van der Waals surface area contributed by atoms with Crippen molar-refractivity contribution < 1.29 is 9.53 Å². The lowest BCUT2D eigenvalue weighted by Crippen LogP contribution is -2.38. The maximum Gasteiger partial charge on any atom is 0.246 e. The molecule has 0 aromatic rings.